The monoisotopic (exact) mass is 226 g/mol. The Morgan fingerprint density at radius 3 is 2.53 bits per heavy atom. The molecule has 0 bridgehead atoms. The Kier molecular flexibility index (Phi) is 4.56. The van der Waals surface area contributed by atoms with Crippen LogP contribution in [0.5, 0.6) is 0 Å². The third-order valence-corrected chi connectivity index (χ3v) is 4.26. The normalized spacial score (nSPS) is 29.7. The number of rotatable bonds is 2. The second kappa shape index (κ2) is 5.94. The van der Waals surface area contributed by atoms with E-state index in [9.17, 15) is 0 Å². The van der Waals surface area contributed by atoms with E-state index in [2.05, 4.69) is 6.08 Å². The molecule has 0 aromatic carbocycles. The summed E-state index contributed by atoms with van der Waals surface area (Å²) in [5, 5.41) is 0.325. The maximum atomic E-state index is 6.26. The van der Waals surface area contributed by atoms with Crippen LogP contribution in [0.15, 0.2) is 11.6 Å². The summed E-state index contributed by atoms with van der Waals surface area (Å²) in [6.07, 6.45) is 16.2. The van der Waals surface area contributed by atoms with Crippen LogP contribution in [0.4, 0.5) is 0 Å². The van der Waals surface area contributed by atoms with Gasteiger partial charge in [-0.2, -0.15) is 0 Å². The van der Waals surface area contributed by atoms with Crippen LogP contribution in [0, 0.1) is 5.92 Å². The largest absolute Gasteiger partial charge is 0.118 e. The zero-order valence-electron chi connectivity index (χ0n) is 9.68. The molecule has 0 saturated heterocycles. The van der Waals surface area contributed by atoms with Gasteiger partial charge in [0.25, 0.3) is 0 Å². The molecular weight excluding hydrogens is 204 g/mol. The lowest BCUT2D eigenvalue weighted by atomic mass is 9.84. The van der Waals surface area contributed by atoms with Crippen LogP contribution in [0.25, 0.3) is 0 Å². The fourth-order valence-electron chi connectivity index (χ4n) is 3.05. The first-order valence-corrected chi connectivity index (χ1v) is 7.12. The van der Waals surface area contributed by atoms with Gasteiger partial charge in [0.15, 0.2) is 0 Å². The summed E-state index contributed by atoms with van der Waals surface area (Å²) in [7, 11) is 0. The molecule has 1 atom stereocenters. The standard InChI is InChI=1S/C14H23Cl/c15-14-9-5-4-8-13(11-14)10-12-6-2-1-3-7-12/h11-12,14H,1-10H2. The predicted molar refractivity (Wildman–Crippen MR) is 67.4 cm³/mol. The summed E-state index contributed by atoms with van der Waals surface area (Å²) < 4.78 is 0. The van der Waals surface area contributed by atoms with Gasteiger partial charge in [0.2, 0.25) is 0 Å². The van der Waals surface area contributed by atoms with Gasteiger partial charge in [0.05, 0.1) is 5.38 Å². The summed E-state index contributed by atoms with van der Waals surface area (Å²) in [4.78, 5) is 0. The van der Waals surface area contributed by atoms with E-state index in [0.29, 0.717) is 5.38 Å². The van der Waals surface area contributed by atoms with Gasteiger partial charge in [0.1, 0.15) is 0 Å². The number of hydrogen-bond donors (Lipinski definition) is 0. The summed E-state index contributed by atoms with van der Waals surface area (Å²) in [5.41, 5.74) is 1.67. The lowest BCUT2D eigenvalue weighted by molar-refractivity contribution is 0.353. The first-order chi connectivity index (χ1) is 7.34. The molecule has 0 aliphatic heterocycles. The van der Waals surface area contributed by atoms with E-state index in [0.717, 1.165) is 5.92 Å². The molecule has 1 unspecified atom stereocenters. The number of hydrogen-bond acceptors (Lipinski definition) is 0. The molecule has 0 spiro atoms. The fourth-order valence-corrected chi connectivity index (χ4v) is 3.38. The van der Waals surface area contributed by atoms with Gasteiger partial charge in [-0.25, -0.2) is 0 Å². The molecule has 1 saturated carbocycles. The third kappa shape index (κ3) is 3.83. The van der Waals surface area contributed by atoms with E-state index in [-0.39, 0.29) is 0 Å². The smallest absolute Gasteiger partial charge is 0.0518 e. The van der Waals surface area contributed by atoms with Crippen molar-refractivity contribution < 1.29 is 0 Å². The molecule has 86 valence electrons. The highest BCUT2D eigenvalue weighted by Crippen LogP contribution is 2.32. The minimum Gasteiger partial charge on any atom is -0.118 e. The highest BCUT2D eigenvalue weighted by atomic mass is 35.5. The SMILES string of the molecule is ClC1C=C(CC2CCCCC2)CCCC1. The molecular formula is C14H23Cl. The molecule has 2 rings (SSSR count). The second-order valence-electron chi connectivity index (χ2n) is 5.29. The summed E-state index contributed by atoms with van der Waals surface area (Å²) in [6.45, 7) is 0. The van der Waals surface area contributed by atoms with E-state index < -0.39 is 0 Å². The van der Waals surface area contributed by atoms with Gasteiger partial charge < -0.3 is 0 Å². The number of allylic oxidation sites excluding steroid dienone is 2. The lowest BCUT2D eigenvalue weighted by Crippen LogP contribution is -2.07. The molecule has 0 heterocycles. The van der Waals surface area contributed by atoms with Gasteiger partial charge in [-0.1, -0.05) is 50.2 Å². The Bertz CT molecular complexity index is 213. The highest BCUT2D eigenvalue weighted by molar-refractivity contribution is 6.21. The first-order valence-electron chi connectivity index (χ1n) is 6.68. The molecule has 0 nitrogen and oxygen atoms in total. The van der Waals surface area contributed by atoms with Crippen molar-refractivity contribution in [2.75, 3.05) is 0 Å². The molecule has 0 radical (unpaired) electrons. The Morgan fingerprint density at radius 1 is 1.00 bits per heavy atom. The van der Waals surface area contributed by atoms with Crippen LogP contribution in [0.2, 0.25) is 0 Å². The van der Waals surface area contributed by atoms with Crippen LogP contribution in [-0.2, 0) is 0 Å². The van der Waals surface area contributed by atoms with Crippen LogP contribution in [0.3, 0.4) is 0 Å². The van der Waals surface area contributed by atoms with Gasteiger partial charge in [-0.15, -0.1) is 11.6 Å². The molecule has 1 fully saturated rings. The van der Waals surface area contributed by atoms with Crippen molar-refractivity contribution >= 4 is 11.6 Å². The lowest BCUT2D eigenvalue weighted by Gasteiger charge is -2.22. The molecule has 2 aliphatic carbocycles. The molecule has 2 aliphatic rings. The Morgan fingerprint density at radius 2 is 1.73 bits per heavy atom. The minimum atomic E-state index is 0.325. The van der Waals surface area contributed by atoms with E-state index in [4.69, 9.17) is 11.6 Å². The summed E-state index contributed by atoms with van der Waals surface area (Å²) >= 11 is 6.26. The Labute approximate surface area is 99.1 Å². The topological polar surface area (TPSA) is 0 Å². The molecule has 0 amide bonds. The van der Waals surface area contributed by atoms with Gasteiger partial charge >= 0.3 is 0 Å². The fraction of sp³-hybridized carbons (Fsp3) is 0.857. The van der Waals surface area contributed by atoms with Crippen LogP contribution in [-0.4, -0.2) is 5.38 Å². The zero-order valence-corrected chi connectivity index (χ0v) is 10.4. The predicted octanol–water partition coefficient (Wildman–Crippen LogP) is 5.06. The second-order valence-corrected chi connectivity index (χ2v) is 5.86. The van der Waals surface area contributed by atoms with Crippen molar-refractivity contribution in [1.29, 1.82) is 0 Å². The average molecular weight is 227 g/mol. The average Bonchev–Trinajstić information content (AvgIpc) is 2.44. The van der Waals surface area contributed by atoms with Gasteiger partial charge in [-0.3, -0.25) is 0 Å². The molecule has 0 aromatic heterocycles. The van der Waals surface area contributed by atoms with Crippen molar-refractivity contribution in [2.45, 2.75) is 69.6 Å². The third-order valence-electron chi connectivity index (χ3n) is 3.92. The molecule has 15 heavy (non-hydrogen) atoms. The molecule has 1 heteroatoms. The summed E-state index contributed by atoms with van der Waals surface area (Å²) in [6, 6.07) is 0. The number of alkyl halides is 1. The van der Waals surface area contributed by atoms with Crippen molar-refractivity contribution in [2.24, 2.45) is 5.92 Å². The highest BCUT2D eigenvalue weighted by Gasteiger charge is 2.17. The zero-order chi connectivity index (χ0) is 10.5. The van der Waals surface area contributed by atoms with E-state index in [1.54, 1.807) is 5.57 Å². The maximum absolute atomic E-state index is 6.26. The number of halogens is 1. The van der Waals surface area contributed by atoms with Crippen LogP contribution < -0.4 is 0 Å². The summed E-state index contributed by atoms with van der Waals surface area (Å²) in [5.74, 6) is 0.979. The van der Waals surface area contributed by atoms with Crippen molar-refractivity contribution in [3.63, 3.8) is 0 Å². The van der Waals surface area contributed by atoms with Crippen molar-refractivity contribution in [3.05, 3.63) is 11.6 Å². The van der Waals surface area contributed by atoms with Gasteiger partial charge in [-0.05, 0) is 31.6 Å². The maximum Gasteiger partial charge on any atom is 0.0518 e. The molecule has 0 N–H and O–H groups in total. The van der Waals surface area contributed by atoms with Crippen molar-refractivity contribution in [1.82, 2.24) is 0 Å². The van der Waals surface area contributed by atoms with Crippen LogP contribution >= 0.6 is 11.6 Å². The van der Waals surface area contributed by atoms with E-state index >= 15 is 0 Å². The Balaban J connectivity index is 1.85. The Hall–Kier alpha value is 0.0300. The molecule has 0 aromatic rings. The quantitative estimate of drug-likeness (QED) is 0.456. The minimum absolute atomic E-state index is 0.325. The van der Waals surface area contributed by atoms with Crippen LogP contribution in [0.1, 0.15) is 64.2 Å². The van der Waals surface area contributed by atoms with Crippen molar-refractivity contribution in [3.8, 4) is 0 Å². The van der Waals surface area contributed by atoms with E-state index in [1.807, 2.05) is 0 Å². The van der Waals surface area contributed by atoms with E-state index in [1.165, 1.54) is 64.2 Å². The first kappa shape index (κ1) is 11.5. The van der Waals surface area contributed by atoms with Gasteiger partial charge in [0, 0.05) is 0 Å².